The maximum Gasteiger partial charge on any atom is 0.269 e. The van der Waals surface area contributed by atoms with Crippen molar-refractivity contribution < 1.29 is 22.8 Å². The van der Waals surface area contributed by atoms with E-state index in [4.69, 9.17) is 11.6 Å². The molecule has 192 valence electrons. The van der Waals surface area contributed by atoms with Crippen molar-refractivity contribution in [1.29, 1.82) is 0 Å². The summed E-state index contributed by atoms with van der Waals surface area (Å²) in [6.45, 7) is 1.71. The van der Waals surface area contributed by atoms with E-state index in [2.05, 4.69) is 5.32 Å². The lowest BCUT2D eigenvalue weighted by atomic mass is 10.1. The molecule has 1 heterocycles. The number of hydrogen-bond donors (Lipinski definition) is 1. The van der Waals surface area contributed by atoms with Gasteiger partial charge in [0, 0.05) is 30.6 Å². The van der Waals surface area contributed by atoms with Crippen molar-refractivity contribution in [1.82, 2.24) is 14.5 Å². The lowest BCUT2D eigenvalue weighted by Crippen LogP contribution is -2.49. The Balaban J connectivity index is 1.44. The molecule has 0 unspecified atom stereocenters. The van der Waals surface area contributed by atoms with Gasteiger partial charge in [-0.25, -0.2) is 12.7 Å². The minimum absolute atomic E-state index is 0.0149. The largest absolute Gasteiger partial charge is 0.352 e. The molecule has 0 spiro atoms. The quantitative estimate of drug-likeness (QED) is 0.531. The molecule has 10 heteroatoms. The van der Waals surface area contributed by atoms with E-state index in [1.165, 1.54) is 17.0 Å². The van der Waals surface area contributed by atoms with Gasteiger partial charge in [-0.2, -0.15) is 0 Å². The Kier molecular flexibility index (Phi) is 8.00. The van der Waals surface area contributed by atoms with Gasteiger partial charge < -0.3 is 10.2 Å². The van der Waals surface area contributed by atoms with Crippen LogP contribution < -0.4 is 5.32 Å². The second kappa shape index (κ2) is 11.0. The molecule has 1 aliphatic heterocycles. The van der Waals surface area contributed by atoms with Crippen molar-refractivity contribution in [3.8, 4) is 0 Å². The van der Waals surface area contributed by atoms with Crippen LogP contribution in [0.3, 0.4) is 0 Å². The highest BCUT2D eigenvalue weighted by Crippen LogP contribution is 2.30. The topological polar surface area (TPSA) is 104 Å². The molecule has 4 rings (SSSR count). The summed E-state index contributed by atoms with van der Waals surface area (Å²) in [4.78, 5) is 40.4. The molecule has 1 saturated carbocycles. The minimum atomic E-state index is -3.93. The Bertz CT molecular complexity index is 1260. The maximum absolute atomic E-state index is 13.3. The van der Waals surface area contributed by atoms with Crippen molar-refractivity contribution in [3.05, 3.63) is 64.7 Å². The van der Waals surface area contributed by atoms with Gasteiger partial charge in [0.05, 0.1) is 5.56 Å². The monoisotopic (exact) mass is 531 g/mol. The molecular weight excluding hydrogens is 502 g/mol. The fourth-order valence-corrected chi connectivity index (χ4v) is 6.56. The number of nitrogens with zero attached hydrogens (tertiary/aromatic N) is 2. The number of nitrogens with one attached hydrogen (secondary N) is 1. The van der Waals surface area contributed by atoms with E-state index in [1.807, 2.05) is 6.07 Å². The highest BCUT2D eigenvalue weighted by atomic mass is 35.5. The van der Waals surface area contributed by atoms with Crippen LogP contribution in [0.15, 0.2) is 53.4 Å². The number of benzene rings is 2. The Morgan fingerprint density at radius 2 is 1.78 bits per heavy atom. The molecule has 1 atom stereocenters. The van der Waals surface area contributed by atoms with Crippen LogP contribution in [0.25, 0.3) is 0 Å². The van der Waals surface area contributed by atoms with Crippen molar-refractivity contribution in [2.45, 2.75) is 69.0 Å². The zero-order valence-corrected chi connectivity index (χ0v) is 21.7. The number of rotatable bonds is 9. The predicted molar refractivity (Wildman–Crippen MR) is 136 cm³/mol. The molecule has 1 aliphatic carbocycles. The van der Waals surface area contributed by atoms with Gasteiger partial charge in [0.1, 0.15) is 10.9 Å². The van der Waals surface area contributed by atoms with E-state index in [-0.39, 0.29) is 54.2 Å². The van der Waals surface area contributed by atoms with E-state index in [0.29, 0.717) is 10.6 Å². The molecule has 1 fully saturated rings. The van der Waals surface area contributed by atoms with Crippen LogP contribution in [0.1, 0.15) is 61.4 Å². The first-order valence-corrected chi connectivity index (χ1v) is 14.0. The summed E-state index contributed by atoms with van der Waals surface area (Å²) in [6, 6.07) is 12.6. The highest BCUT2D eigenvalue weighted by molar-refractivity contribution is 7.90. The summed E-state index contributed by atoms with van der Waals surface area (Å²) >= 11 is 6.33. The van der Waals surface area contributed by atoms with E-state index in [0.717, 1.165) is 30.0 Å². The van der Waals surface area contributed by atoms with Gasteiger partial charge in [-0.1, -0.05) is 54.8 Å². The summed E-state index contributed by atoms with van der Waals surface area (Å²) in [5.41, 5.74) is 0.849. The molecule has 2 aromatic rings. The lowest BCUT2D eigenvalue weighted by molar-refractivity contribution is -0.141. The third-order valence-electron chi connectivity index (χ3n) is 6.83. The first kappa shape index (κ1) is 26.2. The summed E-state index contributed by atoms with van der Waals surface area (Å²) < 4.78 is 26.4. The molecule has 0 bridgehead atoms. The Labute approximate surface area is 216 Å². The fourth-order valence-electron chi connectivity index (χ4n) is 4.75. The van der Waals surface area contributed by atoms with Gasteiger partial charge in [-0.3, -0.25) is 14.4 Å². The van der Waals surface area contributed by atoms with Crippen molar-refractivity contribution in [2.75, 3.05) is 6.54 Å². The van der Waals surface area contributed by atoms with E-state index in [9.17, 15) is 22.8 Å². The van der Waals surface area contributed by atoms with Crippen LogP contribution in [-0.4, -0.2) is 54.0 Å². The van der Waals surface area contributed by atoms with Crippen LogP contribution in [0.2, 0.25) is 5.02 Å². The van der Waals surface area contributed by atoms with Crippen molar-refractivity contribution >= 4 is 39.3 Å². The highest BCUT2D eigenvalue weighted by Gasteiger charge is 2.40. The van der Waals surface area contributed by atoms with Gasteiger partial charge >= 0.3 is 0 Å². The molecule has 2 aromatic carbocycles. The van der Waals surface area contributed by atoms with Gasteiger partial charge in [0.2, 0.25) is 11.8 Å². The zero-order valence-electron chi connectivity index (χ0n) is 20.2. The number of carbonyl (C=O) groups excluding carboxylic acids is 3. The number of hydrogen-bond acceptors (Lipinski definition) is 5. The fraction of sp³-hybridized carbons (Fsp3) is 0.423. The number of carbonyl (C=O) groups is 3. The maximum atomic E-state index is 13.3. The number of amides is 3. The predicted octanol–water partition coefficient (Wildman–Crippen LogP) is 3.74. The third-order valence-corrected chi connectivity index (χ3v) is 9.04. The molecule has 0 radical (unpaired) electrons. The second-order valence-corrected chi connectivity index (χ2v) is 11.5. The Morgan fingerprint density at radius 1 is 1.11 bits per heavy atom. The van der Waals surface area contributed by atoms with Crippen LogP contribution >= 0.6 is 11.6 Å². The molecule has 2 aliphatic rings. The average Bonchev–Trinajstić information content (AvgIpc) is 3.44. The van der Waals surface area contributed by atoms with Crippen LogP contribution in [-0.2, 0) is 26.2 Å². The van der Waals surface area contributed by atoms with Crippen LogP contribution in [0.4, 0.5) is 0 Å². The second-order valence-electron chi connectivity index (χ2n) is 9.26. The van der Waals surface area contributed by atoms with Gasteiger partial charge in [0.25, 0.3) is 15.9 Å². The van der Waals surface area contributed by atoms with E-state index in [1.54, 1.807) is 37.3 Å². The van der Waals surface area contributed by atoms with Crippen molar-refractivity contribution in [2.24, 2.45) is 0 Å². The molecule has 36 heavy (non-hydrogen) atoms. The summed E-state index contributed by atoms with van der Waals surface area (Å²) in [5.74, 6) is -1.13. The molecule has 0 saturated heterocycles. The van der Waals surface area contributed by atoms with Crippen molar-refractivity contribution in [3.63, 3.8) is 0 Å². The Hall–Kier alpha value is -2.91. The molecule has 0 aromatic heterocycles. The molecule has 1 N–H and O–H groups in total. The third kappa shape index (κ3) is 5.42. The smallest absolute Gasteiger partial charge is 0.269 e. The average molecular weight is 532 g/mol. The van der Waals surface area contributed by atoms with Gasteiger partial charge in [-0.15, -0.1) is 0 Å². The Morgan fingerprint density at radius 3 is 2.47 bits per heavy atom. The standard InChI is InChI=1S/C26H30ClN3O5S/c1-18(25(32)28-20-10-3-4-11-20)29(17-19-9-2-6-13-22(19)27)24(31)15-8-16-30-26(33)21-12-5-7-14-23(21)36(30,34)35/h2,5-7,9,12-14,18,20H,3-4,8,10-11,15-17H2,1H3,(H,28,32)/t18-/m0/s1. The van der Waals surface area contributed by atoms with Gasteiger partial charge in [-0.05, 0) is 49.9 Å². The first-order valence-electron chi connectivity index (χ1n) is 12.2. The SMILES string of the molecule is C[C@@H](C(=O)NC1CCCC1)N(Cc1ccccc1Cl)C(=O)CCCN1C(=O)c2ccccc2S1(=O)=O. The minimum Gasteiger partial charge on any atom is -0.352 e. The van der Waals surface area contributed by atoms with E-state index >= 15 is 0 Å². The first-order chi connectivity index (χ1) is 17.2. The number of halogens is 1. The van der Waals surface area contributed by atoms with Crippen LogP contribution in [0.5, 0.6) is 0 Å². The normalized spacial score (nSPS) is 17.6. The van der Waals surface area contributed by atoms with E-state index < -0.39 is 22.0 Å². The summed E-state index contributed by atoms with van der Waals surface area (Å²) in [5, 5.41) is 3.53. The summed E-state index contributed by atoms with van der Waals surface area (Å²) in [7, 11) is -3.93. The number of sulfonamides is 1. The molecular formula is C26H30ClN3O5S. The number of fused-ring (bicyclic) bond motifs is 1. The lowest BCUT2D eigenvalue weighted by Gasteiger charge is -2.30. The van der Waals surface area contributed by atoms with Gasteiger partial charge in [0.15, 0.2) is 0 Å². The zero-order chi connectivity index (χ0) is 25.9. The molecule has 3 amide bonds. The van der Waals surface area contributed by atoms with Crippen LogP contribution in [0, 0.1) is 0 Å². The summed E-state index contributed by atoms with van der Waals surface area (Å²) in [6.07, 6.45) is 4.11. The molecule has 8 nitrogen and oxygen atoms in total.